The molecule has 29 heavy (non-hydrogen) atoms. The Morgan fingerprint density at radius 1 is 0.724 bits per heavy atom. The third kappa shape index (κ3) is 18.3. The molecule has 0 rings (SSSR count). The highest BCUT2D eigenvalue weighted by molar-refractivity contribution is 7.98. The first-order valence-electron chi connectivity index (χ1n) is 12.6. The van der Waals surface area contributed by atoms with E-state index in [1.54, 1.807) is 11.8 Å². The first kappa shape index (κ1) is 28.8. The fraction of sp³-hybridized carbons (Fsp3) is 0.960. The van der Waals surface area contributed by atoms with Crippen LogP contribution in [-0.4, -0.2) is 47.1 Å². The van der Waals surface area contributed by atoms with Gasteiger partial charge in [-0.1, -0.05) is 104 Å². The van der Waals surface area contributed by atoms with Crippen molar-refractivity contribution in [2.45, 2.75) is 129 Å². The van der Waals surface area contributed by atoms with Crippen LogP contribution in [0.1, 0.15) is 123 Å². The van der Waals surface area contributed by atoms with Gasteiger partial charge in [-0.15, -0.1) is 0 Å². The highest BCUT2D eigenvalue weighted by Gasteiger charge is 2.24. The van der Waals surface area contributed by atoms with Gasteiger partial charge in [0.25, 0.3) is 0 Å². The average molecular weight is 430 g/mol. The van der Waals surface area contributed by atoms with Crippen molar-refractivity contribution in [1.29, 1.82) is 0 Å². The molecule has 0 unspecified atom stereocenters. The molecule has 1 atom stereocenters. The molecule has 0 aliphatic rings. The standard InChI is InChI=1S/C25H51NO2S/c1-4-6-8-10-12-14-16-18-21-26(24(25(27)28)20-23-29-3)22-19-17-15-13-11-9-7-5-2/h24H,4-23H2,1-3H3,(H,27,28)/t24-/m0/s1. The van der Waals surface area contributed by atoms with Gasteiger partial charge < -0.3 is 5.11 Å². The summed E-state index contributed by atoms with van der Waals surface area (Å²) in [4.78, 5) is 14.2. The van der Waals surface area contributed by atoms with Crippen molar-refractivity contribution in [3.63, 3.8) is 0 Å². The molecule has 0 aliphatic carbocycles. The number of hydrogen-bond acceptors (Lipinski definition) is 3. The van der Waals surface area contributed by atoms with Crippen LogP contribution >= 0.6 is 11.8 Å². The maximum atomic E-state index is 11.9. The van der Waals surface area contributed by atoms with E-state index in [-0.39, 0.29) is 6.04 Å². The molecule has 0 saturated carbocycles. The summed E-state index contributed by atoms with van der Waals surface area (Å²) in [5.74, 6) is 0.306. The van der Waals surface area contributed by atoms with Crippen molar-refractivity contribution in [3.05, 3.63) is 0 Å². The predicted molar refractivity (Wildman–Crippen MR) is 131 cm³/mol. The second kappa shape index (κ2) is 22.5. The average Bonchev–Trinajstić information content (AvgIpc) is 2.71. The van der Waals surface area contributed by atoms with Crippen molar-refractivity contribution < 1.29 is 9.90 Å². The van der Waals surface area contributed by atoms with Gasteiger partial charge in [-0.2, -0.15) is 11.8 Å². The van der Waals surface area contributed by atoms with Crippen LogP contribution < -0.4 is 0 Å². The third-order valence-electron chi connectivity index (χ3n) is 5.92. The normalized spacial score (nSPS) is 12.6. The number of nitrogens with zero attached hydrogens (tertiary/aromatic N) is 1. The lowest BCUT2D eigenvalue weighted by atomic mass is 10.1. The Bertz CT molecular complexity index is 332. The van der Waals surface area contributed by atoms with E-state index in [4.69, 9.17) is 0 Å². The first-order valence-corrected chi connectivity index (χ1v) is 14.0. The molecule has 4 heteroatoms. The Morgan fingerprint density at radius 3 is 1.45 bits per heavy atom. The fourth-order valence-electron chi connectivity index (χ4n) is 4.01. The number of hydrogen-bond donors (Lipinski definition) is 1. The van der Waals surface area contributed by atoms with Crippen LogP contribution in [0.15, 0.2) is 0 Å². The summed E-state index contributed by atoms with van der Waals surface area (Å²) in [6, 6.07) is -0.295. The maximum Gasteiger partial charge on any atom is 0.320 e. The number of thioether (sulfide) groups is 1. The van der Waals surface area contributed by atoms with Crippen LogP contribution in [0.4, 0.5) is 0 Å². The Labute approximate surface area is 186 Å². The van der Waals surface area contributed by atoms with Crippen molar-refractivity contribution in [1.82, 2.24) is 4.90 Å². The Balaban J connectivity index is 4.19. The molecule has 0 aliphatic heterocycles. The molecule has 3 nitrogen and oxygen atoms in total. The number of carbonyl (C=O) groups is 1. The second-order valence-electron chi connectivity index (χ2n) is 8.62. The molecule has 0 aromatic rings. The molecule has 0 aromatic carbocycles. The van der Waals surface area contributed by atoms with Gasteiger partial charge >= 0.3 is 5.97 Å². The molecule has 0 fully saturated rings. The minimum Gasteiger partial charge on any atom is -0.480 e. The lowest BCUT2D eigenvalue weighted by Crippen LogP contribution is -2.42. The largest absolute Gasteiger partial charge is 0.480 e. The molecule has 0 amide bonds. The third-order valence-corrected chi connectivity index (χ3v) is 6.56. The minimum absolute atomic E-state index is 0.295. The van der Waals surface area contributed by atoms with Crippen LogP contribution in [0.3, 0.4) is 0 Å². The molecule has 1 N–H and O–H groups in total. The molecule has 0 radical (unpaired) electrons. The lowest BCUT2D eigenvalue weighted by molar-refractivity contribution is -0.143. The van der Waals surface area contributed by atoms with Crippen molar-refractivity contribution in [2.75, 3.05) is 25.1 Å². The van der Waals surface area contributed by atoms with E-state index >= 15 is 0 Å². The Hall–Kier alpha value is -0.220. The minimum atomic E-state index is -0.627. The van der Waals surface area contributed by atoms with Crippen molar-refractivity contribution in [3.8, 4) is 0 Å². The zero-order chi connectivity index (χ0) is 21.6. The van der Waals surface area contributed by atoms with Gasteiger partial charge in [0.1, 0.15) is 6.04 Å². The summed E-state index contributed by atoms with van der Waals surface area (Å²) >= 11 is 1.76. The molecule has 174 valence electrons. The summed E-state index contributed by atoms with van der Waals surface area (Å²) in [5.41, 5.74) is 0. The number of unbranched alkanes of at least 4 members (excludes halogenated alkanes) is 14. The molecule has 0 heterocycles. The summed E-state index contributed by atoms with van der Waals surface area (Å²) in [7, 11) is 0. The van der Waals surface area contributed by atoms with Crippen LogP contribution in [-0.2, 0) is 4.79 Å². The van der Waals surface area contributed by atoms with Gasteiger partial charge in [-0.3, -0.25) is 9.69 Å². The summed E-state index contributed by atoms with van der Waals surface area (Å²) in [6.45, 7) is 6.43. The van der Waals surface area contributed by atoms with Gasteiger partial charge in [0.05, 0.1) is 0 Å². The zero-order valence-corrected chi connectivity index (χ0v) is 20.7. The Morgan fingerprint density at radius 2 is 1.10 bits per heavy atom. The highest BCUT2D eigenvalue weighted by atomic mass is 32.2. The van der Waals surface area contributed by atoms with E-state index in [1.165, 1.54) is 89.9 Å². The monoisotopic (exact) mass is 429 g/mol. The van der Waals surface area contributed by atoms with Crippen LogP contribution in [0, 0.1) is 0 Å². The molecule has 0 saturated heterocycles. The van der Waals surface area contributed by atoms with E-state index in [2.05, 4.69) is 25.0 Å². The smallest absolute Gasteiger partial charge is 0.320 e. The van der Waals surface area contributed by atoms with Gasteiger partial charge in [0.2, 0.25) is 0 Å². The second-order valence-corrected chi connectivity index (χ2v) is 9.61. The van der Waals surface area contributed by atoms with Gasteiger partial charge in [0.15, 0.2) is 0 Å². The van der Waals surface area contributed by atoms with Crippen molar-refractivity contribution >= 4 is 17.7 Å². The quantitative estimate of drug-likeness (QED) is 0.168. The molecule has 0 bridgehead atoms. The Kier molecular flexibility index (Phi) is 22.3. The topological polar surface area (TPSA) is 40.5 Å². The van der Waals surface area contributed by atoms with Crippen molar-refractivity contribution in [2.24, 2.45) is 0 Å². The summed E-state index contributed by atoms with van der Waals surface area (Å²) < 4.78 is 0. The predicted octanol–water partition coefficient (Wildman–Crippen LogP) is 7.78. The summed E-state index contributed by atoms with van der Waals surface area (Å²) in [5, 5.41) is 9.77. The number of carboxylic acid groups (broad SMARTS) is 1. The lowest BCUT2D eigenvalue weighted by Gasteiger charge is -2.29. The number of rotatable bonds is 23. The van der Waals surface area contributed by atoms with Gasteiger partial charge in [-0.25, -0.2) is 0 Å². The molecular formula is C25H51NO2S. The SMILES string of the molecule is CCCCCCCCCCN(CCCCCCCCCC)[C@@H](CCSC)C(=O)O. The van der Waals surface area contributed by atoms with E-state index in [9.17, 15) is 9.90 Å². The van der Waals surface area contributed by atoms with Gasteiger partial charge in [-0.05, 0) is 44.4 Å². The number of aliphatic carboxylic acids is 1. The number of carboxylic acids is 1. The van der Waals surface area contributed by atoms with Crippen LogP contribution in [0.25, 0.3) is 0 Å². The van der Waals surface area contributed by atoms with E-state index in [0.717, 1.165) is 38.1 Å². The molecule has 0 spiro atoms. The van der Waals surface area contributed by atoms with E-state index in [1.807, 2.05) is 0 Å². The van der Waals surface area contributed by atoms with Crippen LogP contribution in [0.2, 0.25) is 0 Å². The van der Waals surface area contributed by atoms with E-state index in [0.29, 0.717) is 0 Å². The first-order chi connectivity index (χ1) is 14.2. The molecular weight excluding hydrogens is 378 g/mol. The zero-order valence-electron chi connectivity index (χ0n) is 19.9. The van der Waals surface area contributed by atoms with Gasteiger partial charge in [0, 0.05) is 0 Å². The maximum absolute atomic E-state index is 11.9. The fourth-order valence-corrected chi connectivity index (χ4v) is 4.47. The summed E-state index contributed by atoms with van der Waals surface area (Å²) in [6.07, 6.45) is 23.7. The highest BCUT2D eigenvalue weighted by Crippen LogP contribution is 2.15. The molecule has 0 aromatic heterocycles. The van der Waals surface area contributed by atoms with Crippen LogP contribution in [0.5, 0.6) is 0 Å². The van der Waals surface area contributed by atoms with E-state index < -0.39 is 5.97 Å².